The maximum atomic E-state index is 13.8. The lowest BCUT2D eigenvalue weighted by molar-refractivity contribution is -0.134. The number of nitrogens with zero attached hydrogens (tertiary/aromatic N) is 1. The lowest BCUT2D eigenvalue weighted by atomic mass is 9.91. The van der Waals surface area contributed by atoms with Crippen molar-refractivity contribution in [3.05, 3.63) is 29.3 Å². The van der Waals surface area contributed by atoms with Crippen molar-refractivity contribution >= 4 is 11.8 Å². The number of carbonyl (C=O) groups excluding carboxylic acids is 2. The van der Waals surface area contributed by atoms with Gasteiger partial charge in [-0.15, -0.1) is 0 Å². The highest BCUT2D eigenvalue weighted by molar-refractivity contribution is 6.00. The molecule has 0 bridgehead atoms. The lowest BCUT2D eigenvalue weighted by Crippen LogP contribution is -2.39. The summed E-state index contributed by atoms with van der Waals surface area (Å²) in [6.07, 6.45) is 2.22. The average Bonchev–Trinajstić information content (AvgIpc) is 2.28. The highest BCUT2D eigenvalue weighted by atomic mass is 19.1. The summed E-state index contributed by atoms with van der Waals surface area (Å²) in [5.41, 5.74) is 0.924. The van der Waals surface area contributed by atoms with E-state index < -0.39 is 11.7 Å². The van der Waals surface area contributed by atoms with Crippen LogP contribution >= 0.6 is 0 Å². The molecule has 2 rings (SSSR count). The summed E-state index contributed by atoms with van der Waals surface area (Å²) >= 11 is 0. The number of halogens is 1. The van der Waals surface area contributed by atoms with Crippen molar-refractivity contribution in [3.8, 4) is 0 Å². The van der Waals surface area contributed by atoms with E-state index >= 15 is 0 Å². The molecule has 2 amide bonds. The first-order valence-corrected chi connectivity index (χ1v) is 5.98. The van der Waals surface area contributed by atoms with Crippen molar-refractivity contribution in [3.63, 3.8) is 0 Å². The summed E-state index contributed by atoms with van der Waals surface area (Å²) in [7, 11) is 0. The molecule has 0 spiro atoms. The van der Waals surface area contributed by atoms with E-state index in [1.165, 1.54) is 12.3 Å². The van der Waals surface area contributed by atoms with E-state index in [1.54, 1.807) is 0 Å². The second-order valence-electron chi connectivity index (χ2n) is 4.79. The summed E-state index contributed by atoms with van der Waals surface area (Å²) < 4.78 is 13.8. The molecule has 1 aliphatic rings. The molecule has 1 aliphatic heterocycles. The number of hydrogen-bond donors (Lipinski definition) is 1. The van der Waals surface area contributed by atoms with Gasteiger partial charge in [0, 0.05) is 12.6 Å². The molecule has 1 atom stereocenters. The highest BCUT2D eigenvalue weighted by Gasteiger charge is 2.28. The molecule has 0 radical (unpaired) electrons. The van der Waals surface area contributed by atoms with Gasteiger partial charge in [-0.25, -0.2) is 4.39 Å². The van der Waals surface area contributed by atoms with Gasteiger partial charge in [-0.1, -0.05) is 13.8 Å². The van der Waals surface area contributed by atoms with Crippen molar-refractivity contribution in [2.45, 2.75) is 38.5 Å². The standard InChI is InChI=1S/C13H15FN2O2/c1-7(2)12-10(14)5-8(6-15-12)9-3-4-11(17)16-13(9)18/h5-7,9H,3-4H2,1-2H3,(H,16,17,18). The second kappa shape index (κ2) is 4.84. The predicted molar refractivity (Wildman–Crippen MR) is 63.4 cm³/mol. The molecule has 0 aromatic carbocycles. The number of piperidine rings is 1. The largest absolute Gasteiger partial charge is 0.296 e. The number of rotatable bonds is 2. The van der Waals surface area contributed by atoms with Crippen LogP contribution in [0.5, 0.6) is 0 Å². The third-order valence-corrected chi connectivity index (χ3v) is 3.08. The van der Waals surface area contributed by atoms with Crippen molar-refractivity contribution in [2.24, 2.45) is 0 Å². The molecule has 5 heteroatoms. The Morgan fingerprint density at radius 3 is 2.72 bits per heavy atom. The van der Waals surface area contributed by atoms with Gasteiger partial charge in [0.25, 0.3) is 0 Å². The zero-order valence-corrected chi connectivity index (χ0v) is 10.4. The van der Waals surface area contributed by atoms with Crippen molar-refractivity contribution in [1.29, 1.82) is 0 Å². The first kappa shape index (κ1) is 12.7. The lowest BCUT2D eigenvalue weighted by Gasteiger charge is -2.21. The Balaban J connectivity index is 2.27. The minimum atomic E-state index is -0.481. The molecule has 1 aromatic rings. The van der Waals surface area contributed by atoms with Crippen LogP contribution in [0.4, 0.5) is 4.39 Å². The minimum Gasteiger partial charge on any atom is -0.296 e. The van der Waals surface area contributed by atoms with E-state index in [2.05, 4.69) is 10.3 Å². The maximum absolute atomic E-state index is 13.8. The number of pyridine rings is 1. The van der Waals surface area contributed by atoms with E-state index in [1.807, 2.05) is 13.8 Å². The summed E-state index contributed by atoms with van der Waals surface area (Å²) in [6.45, 7) is 3.72. The fourth-order valence-corrected chi connectivity index (χ4v) is 2.09. The Bertz CT molecular complexity index is 500. The van der Waals surface area contributed by atoms with Gasteiger partial charge in [-0.3, -0.25) is 19.9 Å². The van der Waals surface area contributed by atoms with Crippen LogP contribution in [0.25, 0.3) is 0 Å². The average molecular weight is 250 g/mol. The Morgan fingerprint density at radius 1 is 1.44 bits per heavy atom. The van der Waals surface area contributed by atoms with E-state index in [-0.39, 0.29) is 24.2 Å². The van der Waals surface area contributed by atoms with Crippen molar-refractivity contribution < 1.29 is 14.0 Å². The summed E-state index contributed by atoms with van der Waals surface area (Å²) in [6, 6.07) is 1.35. The zero-order chi connectivity index (χ0) is 13.3. The molecule has 0 saturated carbocycles. The van der Waals surface area contributed by atoms with Crippen molar-refractivity contribution in [2.75, 3.05) is 0 Å². The minimum absolute atomic E-state index is 0.000750. The molecular formula is C13H15FN2O2. The molecule has 2 heterocycles. The van der Waals surface area contributed by atoms with Crippen LogP contribution < -0.4 is 5.32 Å². The quantitative estimate of drug-likeness (QED) is 0.815. The Hall–Kier alpha value is -1.78. The van der Waals surface area contributed by atoms with Gasteiger partial charge in [0.1, 0.15) is 5.82 Å². The molecular weight excluding hydrogens is 235 g/mol. The third kappa shape index (κ3) is 2.39. The summed E-state index contributed by atoms with van der Waals surface area (Å²) in [5, 5.41) is 2.26. The van der Waals surface area contributed by atoms with Crippen LogP contribution in [-0.4, -0.2) is 16.8 Å². The van der Waals surface area contributed by atoms with E-state index in [4.69, 9.17) is 0 Å². The highest BCUT2D eigenvalue weighted by Crippen LogP contribution is 2.26. The molecule has 1 aromatic heterocycles. The Kier molecular flexibility index (Phi) is 3.41. The fraction of sp³-hybridized carbons (Fsp3) is 0.462. The van der Waals surface area contributed by atoms with Crippen molar-refractivity contribution in [1.82, 2.24) is 10.3 Å². The third-order valence-electron chi connectivity index (χ3n) is 3.08. The molecule has 18 heavy (non-hydrogen) atoms. The van der Waals surface area contributed by atoms with Crippen LogP contribution in [-0.2, 0) is 9.59 Å². The number of imide groups is 1. The molecule has 1 N–H and O–H groups in total. The van der Waals surface area contributed by atoms with Gasteiger partial charge in [0.05, 0.1) is 11.6 Å². The van der Waals surface area contributed by atoms with Gasteiger partial charge >= 0.3 is 0 Å². The normalized spacial score (nSPS) is 20.1. The van der Waals surface area contributed by atoms with E-state index in [0.29, 0.717) is 17.7 Å². The summed E-state index contributed by atoms with van der Waals surface area (Å²) in [5.74, 6) is -1.52. The molecule has 1 saturated heterocycles. The molecule has 96 valence electrons. The van der Waals surface area contributed by atoms with Crippen LogP contribution in [0.3, 0.4) is 0 Å². The van der Waals surface area contributed by atoms with E-state index in [0.717, 1.165) is 0 Å². The van der Waals surface area contributed by atoms with Crippen LogP contribution in [0.1, 0.15) is 49.8 Å². The number of aromatic nitrogens is 1. The molecule has 0 aliphatic carbocycles. The van der Waals surface area contributed by atoms with Gasteiger partial charge < -0.3 is 0 Å². The molecule has 1 fully saturated rings. The molecule has 1 unspecified atom stereocenters. The first-order chi connectivity index (χ1) is 8.49. The number of nitrogens with one attached hydrogen (secondary N) is 1. The monoisotopic (exact) mass is 250 g/mol. The number of carbonyl (C=O) groups is 2. The smallest absolute Gasteiger partial charge is 0.234 e. The van der Waals surface area contributed by atoms with Crippen LogP contribution in [0.15, 0.2) is 12.3 Å². The van der Waals surface area contributed by atoms with Gasteiger partial charge in [-0.2, -0.15) is 0 Å². The first-order valence-electron chi connectivity index (χ1n) is 5.98. The van der Waals surface area contributed by atoms with Crippen LogP contribution in [0, 0.1) is 5.82 Å². The topological polar surface area (TPSA) is 59.1 Å². The zero-order valence-electron chi connectivity index (χ0n) is 10.4. The predicted octanol–water partition coefficient (Wildman–Crippen LogP) is 1.86. The fourth-order valence-electron chi connectivity index (χ4n) is 2.09. The second-order valence-corrected chi connectivity index (χ2v) is 4.79. The summed E-state index contributed by atoms with van der Waals surface area (Å²) in [4.78, 5) is 26.8. The van der Waals surface area contributed by atoms with Gasteiger partial charge in [0.15, 0.2) is 0 Å². The Morgan fingerprint density at radius 2 is 2.17 bits per heavy atom. The SMILES string of the molecule is CC(C)c1ncc(C2CCC(=O)NC2=O)cc1F. The maximum Gasteiger partial charge on any atom is 0.234 e. The number of hydrogen-bond acceptors (Lipinski definition) is 3. The molecule has 4 nitrogen and oxygen atoms in total. The number of amides is 2. The van der Waals surface area contributed by atoms with E-state index in [9.17, 15) is 14.0 Å². The van der Waals surface area contributed by atoms with Crippen LogP contribution in [0.2, 0.25) is 0 Å². The Labute approximate surface area is 105 Å². The van der Waals surface area contributed by atoms with Gasteiger partial charge in [-0.05, 0) is 24.0 Å². The van der Waals surface area contributed by atoms with Gasteiger partial charge in [0.2, 0.25) is 11.8 Å².